The number of primary amides is 1. The summed E-state index contributed by atoms with van der Waals surface area (Å²) in [6.07, 6.45) is 9.88. The van der Waals surface area contributed by atoms with Crippen molar-refractivity contribution in [1.82, 2.24) is 14.9 Å². The molecule has 0 atom stereocenters. The number of nitrogens with zero attached hydrogens (tertiary/aromatic N) is 3. The molecule has 2 heterocycles. The fourth-order valence-electron chi connectivity index (χ4n) is 5.13. The van der Waals surface area contributed by atoms with Gasteiger partial charge in [-0.1, -0.05) is 12.1 Å². The van der Waals surface area contributed by atoms with E-state index in [0.717, 1.165) is 54.9 Å². The van der Waals surface area contributed by atoms with Gasteiger partial charge in [0.25, 0.3) is 0 Å². The number of aryl methyl sites for hydroxylation is 2. The zero-order chi connectivity index (χ0) is 21.4. The Morgan fingerprint density at radius 2 is 2.06 bits per heavy atom. The molecule has 3 N–H and O–H groups in total. The average Bonchev–Trinajstić information content (AvgIpc) is 3.36. The zero-order valence-corrected chi connectivity index (χ0v) is 18.8. The minimum absolute atomic E-state index is 0.369. The number of rotatable bonds is 6. The summed E-state index contributed by atoms with van der Waals surface area (Å²) >= 11 is 1.84. The summed E-state index contributed by atoms with van der Waals surface area (Å²) in [5.74, 6) is 0.663. The Morgan fingerprint density at radius 3 is 2.87 bits per heavy atom. The molecule has 2 aliphatic rings. The van der Waals surface area contributed by atoms with Crippen LogP contribution in [-0.4, -0.2) is 39.9 Å². The number of benzene rings is 1. The zero-order valence-electron chi connectivity index (χ0n) is 17.9. The summed E-state index contributed by atoms with van der Waals surface area (Å²) < 4.78 is 0. The Bertz CT molecular complexity index is 1100. The Kier molecular flexibility index (Phi) is 5.63. The van der Waals surface area contributed by atoms with Gasteiger partial charge in [-0.2, -0.15) is 0 Å². The summed E-state index contributed by atoms with van der Waals surface area (Å²) in [5, 5.41) is 5.03. The van der Waals surface area contributed by atoms with Crippen molar-refractivity contribution in [2.75, 3.05) is 12.4 Å². The lowest BCUT2D eigenvalue weighted by atomic mass is 9.90. The number of hydrogen-bond acceptors (Lipinski definition) is 6. The minimum Gasteiger partial charge on any atom is -0.367 e. The van der Waals surface area contributed by atoms with E-state index in [1.807, 2.05) is 23.5 Å². The van der Waals surface area contributed by atoms with Crippen LogP contribution < -0.4 is 11.1 Å². The highest BCUT2D eigenvalue weighted by Gasteiger charge is 2.26. The molecule has 0 aliphatic heterocycles. The molecule has 0 unspecified atom stereocenters. The average molecular weight is 436 g/mol. The van der Waals surface area contributed by atoms with Gasteiger partial charge in [-0.3, -0.25) is 9.69 Å². The van der Waals surface area contributed by atoms with Gasteiger partial charge in [0.05, 0.1) is 5.39 Å². The van der Waals surface area contributed by atoms with Crippen LogP contribution >= 0.6 is 11.3 Å². The standard InChI is InChI=1S/C24H29N5OS/c1-29(13-15-4-2-5-16(12-15)22(25)30)18-10-8-17(9-11-18)28-23-21-19-6-3-7-20(19)31-24(21)27-14-26-23/h2,4-5,12,14,17-18H,3,6-11,13H2,1H3,(H2,25,30)(H,26,27,28). The van der Waals surface area contributed by atoms with Crippen LogP contribution in [0.5, 0.6) is 0 Å². The van der Waals surface area contributed by atoms with Gasteiger partial charge >= 0.3 is 0 Å². The van der Waals surface area contributed by atoms with Gasteiger partial charge in [-0.25, -0.2) is 9.97 Å². The lowest BCUT2D eigenvalue weighted by Crippen LogP contribution is -2.38. The Hall–Kier alpha value is -2.51. The van der Waals surface area contributed by atoms with Crippen molar-refractivity contribution in [3.05, 3.63) is 52.2 Å². The van der Waals surface area contributed by atoms with Crippen LogP contribution in [0.4, 0.5) is 5.82 Å². The van der Waals surface area contributed by atoms with Gasteiger partial charge in [0.1, 0.15) is 17.0 Å². The molecule has 1 fully saturated rings. The summed E-state index contributed by atoms with van der Waals surface area (Å²) in [4.78, 5) is 25.6. The molecule has 1 saturated carbocycles. The van der Waals surface area contributed by atoms with Crippen LogP contribution in [-0.2, 0) is 19.4 Å². The van der Waals surface area contributed by atoms with Crippen LogP contribution in [0, 0.1) is 0 Å². The first-order valence-electron chi connectivity index (χ1n) is 11.2. The number of nitrogens with one attached hydrogen (secondary N) is 1. The van der Waals surface area contributed by atoms with Gasteiger partial charge in [-0.05, 0) is 75.3 Å². The maximum atomic E-state index is 11.4. The highest BCUT2D eigenvalue weighted by Crippen LogP contribution is 2.39. The minimum atomic E-state index is -0.369. The molecule has 0 bridgehead atoms. The van der Waals surface area contributed by atoms with Crippen molar-refractivity contribution in [3.8, 4) is 0 Å². The lowest BCUT2D eigenvalue weighted by molar-refractivity contribution is 0.1000. The van der Waals surface area contributed by atoms with Crippen LogP contribution in [0.1, 0.15) is 58.5 Å². The molecule has 1 amide bonds. The van der Waals surface area contributed by atoms with Crippen LogP contribution in [0.2, 0.25) is 0 Å². The predicted octanol–water partition coefficient (Wildman–Crippen LogP) is 4.13. The third-order valence-corrected chi connectivity index (χ3v) is 8.01. The maximum Gasteiger partial charge on any atom is 0.248 e. The molecule has 2 aromatic heterocycles. The van der Waals surface area contributed by atoms with E-state index >= 15 is 0 Å². The summed E-state index contributed by atoms with van der Waals surface area (Å²) in [7, 11) is 2.18. The Morgan fingerprint density at radius 1 is 1.23 bits per heavy atom. The molecule has 31 heavy (non-hydrogen) atoms. The highest BCUT2D eigenvalue weighted by molar-refractivity contribution is 7.19. The van der Waals surface area contributed by atoms with E-state index < -0.39 is 0 Å². The van der Waals surface area contributed by atoms with E-state index in [0.29, 0.717) is 17.6 Å². The fourth-order valence-corrected chi connectivity index (χ4v) is 6.36. The Labute approximate surface area is 186 Å². The van der Waals surface area contributed by atoms with Crippen molar-refractivity contribution in [2.24, 2.45) is 5.73 Å². The lowest BCUT2D eigenvalue weighted by Gasteiger charge is -2.35. The number of carbonyl (C=O) groups excluding carboxylic acids is 1. The molecule has 2 aliphatic carbocycles. The van der Waals surface area contributed by atoms with E-state index in [1.165, 1.54) is 28.7 Å². The maximum absolute atomic E-state index is 11.4. The number of anilines is 1. The van der Waals surface area contributed by atoms with Crippen LogP contribution in [0.25, 0.3) is 10.2 Å². The van der Waals surface area contributed by atoms with Gasteiger partial charge in [0.15, 0.2) is 0 Å². The molecule has 6 nitrogen and oxygen atoms in total. The third-order valence-electron chi connectivity index (χ3n) is 6.81. The van der Waals surface area contributed by atoms with Crippen molar-refractivity contribution in [1.29, 1.82) is 0 Å². The molecule has 5 rings (SSSR count). The summed E-state index contributed by atoms with van der Waals surface area (Å²) in [5.41, 5.74) is 8.62. The molecule has 1 aromatic carbocycles. The summed E-state index contributed by atoms with van der Waals surface area (Å²) in [6.45, 7) is 0.831. The number of amides is 1. The molecule has 3 aromatic rings. The molecule has 7 heteroatoms. The predicted molar refractivity (Wildman–Crippen MR) is 126 cm³/mol. The number of carbonyl (C=O) groups is 1. The van der Waals surface area contributed by atoms with Gasteiger partial charge in [0.2, 0.25) is 5.91 Å². The molecule has 0 spiro atoms. The number of aromatic nitrogens is 2. The number of fused-ring (bicyclic) bond motifs is 3. The van der Waals surface area contributed by atoms with E-state index in [4.69, 9.17) is 5.73 Å². The second-order valence-corrected chi connectivity index (χ2v) is 9.97. The number of thiophene rings is 1. The second-order valence-electron chi connectivity index (χ2n) is 8.89. The van der Waals surface area contributed by atoms with Crippen molar-refractivity contribution < 1.29 is 4.79 Å². The number of nitrogens with two attached hydrogens (primary N) is 1. The van der Waals surface area contributed by atoms with E-state index in [1.54, 1.807) is 12.4 Å². The second kappa shape index (κ2) is 8.55. The largest absolute Gasteiger partial charge is 0.367 e. The van der Waals surface area contributed by atoms with Crippen molar-refractivity contribution in [2.45, 2.75) is 63.6 Å². The molecular weight excluding hydrogens is 406 g/mol. The van der Waals surface area contributed by atoms with Crippen molar-refractivity contribution >= 4 is 33.3 Å². The smallest absolute Gasteiger partial charge is 0.248 e. The molecule has 0 radical (unpaired) electrons. The molecule has 0 saturated heterocycles. The van der Waals surface area contributed by atoms with E-state index in [9.17, 15) is 4.79 Å². The third kappa shape index (κ3) is 4.16. The van der Waals surface area contributed by atoms with E-state index in [-0.39, 0.29) is 5.91 Å². The monoisotopic (exact) mass is 435 g/mol. The topological polar surface area (TPSA) is 84.1 Å². The quantitative estimate of drug-likeness (QED) is 0.608. The summed E-state index contributed by atoms with van der Waals surface area (Å²) in [6, 6.07) is 8.66. The molecule has 162 valence electrons. The van der Waals surface area contributed by atoms with Crippen LogP contribution in [0.15, 0.2) is 30.6 Å². The SMILES string of the molecule is CN(Cc1cccc(C(N)=O)c1)C1CCC(Nc2ncnc3sc4c(c23)CCC4)CC1. The normalized spacial score (nSPS) is 20.8. The highest BCUT2D eigenvalue weighted by atomic mass is 32.1. The first kappa shape index (κ1) is 20.4. The van der Waals surface area contributed by atoms with Crippen LogP contribution in [0.3, 0.4) is 0 Å². The van der Waals surface area contributed by atoms with E-state index in [2.05, 4.69) is 33.3 Å². The first-order chi connectivity index (χ1) is 15.1. The van der Waals surface area contributed by atoms with Gasteiger partial charge in [-0.15, -0.1) is 11.3 Å². The number of hydrogen-bond donors (Lipinski definition) is 2. The van der Waals surface area contributed by atoms with Gasteiger partial charge < -0.3 is 11.1 Å². The fraction of sp³-hybridized carbons (Fsp3) is 0.458. The Balaban J connectivity index is 1.21. The van der Waals surface area contributed by atoms with Crippen molar-refractivity contribution in [3.63, 3.8) is 0 Å². The first-order valence-corrected chi connectivity index (χ1v) is 12.0. The molecular formula is C24H29N5OS. The van der Waals surface area contributed by atoms with Gasteiger partial charge in [0, 0.05) is 29.1 Å².